The van der Waals surface area contributed by atoms with Gasteiger partial charge < -0.3 is 10.0 Å². The van der Waals surface area contributed by atoms with E-state index < -0.39 is 6.10 Å². The SMILES string of the molecule is Cc1cc(C)cc(C(O)CN2CCN(c3cc(C)nc(C)n3)CC2)c1. The number of hydrogen-bond donors (Lipinski definition) is 1. The number of aryl methyl sites for hydroxylation is 4. The van der Waals surface area contributed by atoms with Crippen molar-refractivity contribution in [3.63, 3.8) is 0 Å². The van der Waals surface area contributed by atoms with Crippen LogP contribution in [0.15, 0.2) is 24.3 Å². The highest BCUT2D eigenvalue weighted by Crippen LogP contribution is 2.20. The minimum absolute atomic E-state index is 0.436. The standard InChI is InChI=1S/C20H28N4O/c1-14-9-15(2)11-18(10-14)19(25)13-23-5-7-24(8-6-23)20-12-16(3)21-17(4)22-20/h9-12,19,25H,5-8,13H2,1-4H3. The molecule has 25 heavy (non-hydrogen) atoms. The molecule has 2 heterocycles. The molecule has 0 bridgehead atoms. The van der Waals surface area contributed by atoms with Crippen LogP contribution in [0.1, 0.15) is 34.3 Å². The van der Waals surface area contributed by atoms with Crippen LogP contribution < -0.4 is 4.90 Å². The van der Waals surface area contributed by atoms with Crippen LogP contribution in [0.4, 0.5) is 5.82 Å². The number of β-amino-alcohol motifs (C(OH)–C–C–N with tert-alkyl or cyclic N) is 1. The Hall–Kier alpha value is -1.98. The molecule has 1 aromatic carbocycles. The Morgan fingerprint density at radius 1 is 0.920 bits per heavy atom. The Morgan fingerprint density at radius 3 is 2.16 bits per heavy atom. The zero-order valence-corrected chi connectivity index (χ0v) is 15.7. The van der Waals surface area contributed by atoms with Gasteiger partial charge in [0.2, 0.25) is 0 Å². The number of aliphatic hydroxyl groups excluding tert-OH is 1. The Kier molecular flexibility index (Phi) is 5.35. The molecule has 0 saturated carbocycles. The minimum Gasteiger partial charge on any atom is -0.387 e. The van der Waals surface area contributed by atoms with Crippen molar-refractivity contribution in [2.45, 2.75) is 33.8 Å². The van der Waals surface area contributed by atoms with Gasteiger partial charge in [0.1, 0.15) is 11.6 Å². The molecule has 1 atom stereocenters. The summed E-state index contributed by atoms with van der Waals surface area (Å²) in [6, 6.07) is 8.36. The Bertz CT molecular complexity index is 698. The number of nitrogens with zero attached hydrogens (tertiary/aromatic N) is 4. The van der Waals surface area contributed by atoms with Crippen LogP contribution in [0.5, 0.6) is 0 Å². The molecule has 1 N–H and O–H groups in total. The lowest BCUT2D eigenvalue weighted by Crippen LogP contribution is -2.47. The maximum Gasteiger partial charge on any atom is 0.132 e. The molecule has 1 aromatic heterocycles. The third-order valence-electron chi connectivity index (χ3n) is 4.71. The van der Waals surface area contributed by atoms with Crippen molar-refractivity contribution in [1.29, 1.82) is 0 Å². The zero-order chi connectivity index (χ0) is 18.0. The first-order chi connectivity index (χ1) is 11.9. The van der Waals surface area contributed by atoms with Crippen LogP contribution in [0.25, 0.3) is 0 Å². The van der Waals surface area contributed by atoms with E-state index in [9.17, 15) is 5.11 Å². The molecule has 2 aromatic rings. The fraction of sp³-hybridized carbons (Fsp3) is 0.500. The normalized spacial score (nSPS) is 16.9. The molecule has 0 aliphatic carbocycles. The number of piperazine rings is 1. The second kappa shape index (κ2) is 7.50. The van der Waals surface area contributed by atoms with E-state index in [2.05, 4.69) is 51.8 Å². The van der Waals surface area contributed by atoms with Gasteiger partial charge in [-0.2, -0.15) is 0 Å². The number of aliphatic hydroxyl groups is 1. The average molecular weight is 340 g/mol. The van der Waals surface area contributed by atoms with Crippen LogP contribution >= 0.6 is 0 Å². The molecule has 1 unspecified atom stereocenters. The zero-order valence-electron chi connectivity index (χ0n) is 15.7. The Morgan fingerprint density at radius 2 is 1.56 bits per heavy atom. The Balaban J connectivity index is 1.58. The highest BCUT2D eigenvalue weighted by Gasteiger charge is 2.21. The lowest BCUT2D eigenvalue weighted by molar-refractivity contribution is 0.109. The third-order valence-corrected chi connectivity index (χ3v) is 4.71. The molecule has 1 aliphatic rings. The summed E-state index contributed by atoms with van der Waals surface area (Å²) in [5.74, 6) is 1.84. The fourth-order valence-electron chi connectivity index (χ4n) is 3.57. The monoisotopic (exact) mass is 340 g/mol. The fourth-order valence-corrected chi connectivity index (χ4v) is 3.57. The molecule has 134 valence electrons. The van der Waals surface area contributed by atoms with Gasteiger partial charge in [-0.1, -0.05) is 29.3 Å². The highest BCUT2D eigenvalue weighted by molar-refractivity contribution is 5.40. The predicted octanol–water partition coefficient (Wildman–Crippen LogP) is 2.57. The summed E-state index contributed by atoms with van der Waals surface area (Å²) in [5.41, 5.74) is 4.43. The molecule has 0 spiro atoms. The summed E-state index contributed by atoms with van der Waals surface area (Å²) in [6.07, 6.45) is -0.436. The van der Waals surface area contributed by atoms with E-state index in [-0.39, 0.29) is 0 Å². The van der Waals surface area contributed by atoms with E-state index in [1.165, 1.54) is 11.1 Å². The van der Waals surface area contributed by atoms with Gasteiger partial charge in [0.15, 0.2) is 0 Å². The highest BCUT2D eigenvalue weighted by atomic mass is 16.3. The van der Waals surface area contributed by atoms with Crippen LogP contribution in [0.2, 0.25) is 0 Å². The molecule has 5 heteroatoms. The maximum absolute atomic E-state index is 10.6. The molecule has 3 rings (SSSR count). The van der Waals surface area contributed by atoms with E-state index in [0.717, 1.165) is 49.1 Å². The van der Waals surface area contributed by atoms with Crippen LogP contribution in [-0.4, -0.2) is 52.7 Å². The number of rotatable bonds is 4. The average Bonchev–Trinajstić information content (AvgIpc) is 2.53. The second-order valence-corrected chi connectivity index (χ2v) is 7.14. The smallest absolute Gasteiger partial charge is 0.132 e. The first kappa shape index (κ1) is 17.8. The van der Waals surface area contributed by atoms with Gasteiger partial charge in [0.25, 0.3) is 0 Å². The van der Waals surface area contributed by atoms with Gasteiger partial charge in [0.05, 0.1) is 6.10 Å². The van der Waals surface area contributed by atoms with Crippen molar-refractivity contribution in [3.05, 3.63) is 52.5 Å². The molecule has 1 saturated heterocycles. The summed E-state index contributed by atoms with van der Waals surface area (Å²) >= 11 is 0. The molecule has 0 amide bonds. The van der Waals surface area contributed by atoms with E-state index in [1.807, 2.05) is 19.9 Å². The lowest BCUT2D eigenvalue weighted by atomic mass is 10.0. The third kappa shape index (κ3) is 4.55. The summed E-state index contributed by atoms with van der Waals surface area (Å²) < 4.78 is 0. The van der Waals surface area contributed by atoms with Crippen LogP contribution in [-0.2, 0) is 0 Å². The molecule has 1 aliphatic heterocycles. The minimum atomic E-state index is -0.436. The van der Waals surface area contributed by atoms with Crippen molar-refractivity contribution in [2.75, 3.05) is 37.6 Å². The number of aromatic nitrogens is 2. The number of benzene rings is 1. The molecule has 0 radical (unpaired) electrons. The van der Waals surface area contributed by atoms with Gasteiger partial charge in [-0.05, 0) is 33.3 Å². The molecule has 1 fully saturated rings. The van der Waals surface area contributed by atoms with Gasteiger partial charge >= 0.3 is 0 Å². The quantitative estimate of drug-likeness (QED) is 0.927. The molecule has 5 nitrogen and oxygen atoms in total. The van der Waals surface area contributed by atoms with Crippen LogP contribution in [0, 0.1) is 27.7 Å². The summed E-state index contributed by atoms with van der Waals surface area (Å²) in [4.78, 5) is 13.5. The summed E-state index contributed by atoms with van der Waals surface area (Å²) in [5, 5.41) is 10.6. The number of anilines is 1. The first-order valence-corrected chi connectivity index (χ1v) is 8.96. The summed E-state index contributed by atoms with van der Waals surface area (Å²) in [6.45, 7) is 12.5. The second-order valence-electron chi connectivity index (χ2n) is 7.14. The predicted molar refractivity (Wildman–Crippen MR) is 101 cm³/mol. The first-order valence-electron chi connectivity index (χ1n) is 8.96. The molecular weight excluding hydrogens is 312 g/mol. The van der Waals surface area contributed by atoms with E-state index in [4.69, 9.17) is 0 Å². The van der Waals surface area contributed by atoms with Gasteiger partial charge in [-0.3, -0.25) is 4.90 Å². The lowest BCUT2D eigenvalue weighted by Gasteiger charge is -2.36. The molecular formula is C20H28N4O. The van der Waals surface area contributed by atoms with Crippen molar-refractivity contribution >= 4 is 5.82 Å². The van der Waals surface area contributed by atoms with E-state index >= 15 is 0 Å². The van der Waals surface area contributed by atoms with Crippen molar-refractivity contribution in [1.82, 2.24) is 14.9 Å². The van der Waals surface area contributed by atoms with Crippen molar-refractivity contribution < 1.29 is 5.11 Å². The van der Waals surface area contributed by atoms with Crippen molar-refractivity contribution in [2.24, 2.45) is 0 Å². The van der Waals surface area contributed by atoms with E-state index in [1.54, 1.807) is 0 Å². The summed E-state index contributed by atoms with van der Waals surface area (Å²) in [7, 11) is 0. The van der Waals surface area contributed by atoms with Crippen molar-refractivity contribution in [3.8, 4) is 0 Å². The largest absolute Gasteiger partial charge is 0.387 e. The van der Waals surface area contributed by atoms with Gasteiger partial charge in [-0.25, -0.2) is 9.97 Å². The van der Waals surface area contributed by atoms with Crippen LogP contribution in [0.3, 0.4) is 0 Å². The van der Waals surface area contributed by atoms with Gasteiger partial charge in [0, 0.05) is 44.5 Å². The topological polar surface area (TPSA) is 52.5 Å². The van der Waals surface area contributed by atoms with Gasteiger partial charge in [-0.15, -0.1) is 0 Å². The maximum atomic E-state index is 10.6. The number of hydrogen-bond acceptors (Lipinski definition) is 5. The van der Waals surface area contributed by atoms with E-state index in [0.29, 0.717) is 6.54 Å². The Labute approximate surface area is 150 Å².